The van der Waals surface area contributed by atoms with Crippen molar-refractivity contribution in [2.75, 3.05) is 26.2 Å². The SMILES string of the molecule is CCNC(=NCc1ccc(C(=O)N(CC)CC)cc1)NCC1(c2cccc(F)c2)CC1.I. The summed E-state index contributed by atoms with van der Waals surface area (Å²) in [6, 6.07) is 14.6. The van der Waals surface area contributed by atoms with Crippen molar-refractivity contribution in [3.8, 4) is 0 Å². The van der Waals surface area contributed by atoms with E-state index in [1.165, 1.54) is 6.07 Å². The van der Waals surface area contributed by atoms with Gasteiger partial charge in [-0.15, -0.1) is 24.0 Å². The summed E-state index contributed by atoms with van der Waals surface area (Å²) in [6.45, 7) is 9.41. The number of amides is 1. The van der Waals surface area contributed by atoms with Gasteiger partial charge >= 0.3 is 0 Å². The first-order chi connectivity index (χ1) is 15.0. The third-order valence-electron chi connectivity index (χ3n) is 5.90. The van der Waals surface area contributed by atoms with Crippen LogP contribution in [0.5, 0.6) is 0 Å². The smallest absolute Gasteiger partial charge is 0.253 e. The molecule has 0 atom stereocenters. The lowest BCUT2D eigenvalue weighted by molar-refractivity contribution is 0.0773. The van der Waals surface area contributed by atoms with Gasteiger partial charge in [-0.05, 0) is 69.0 Å². The molecule has 0 bridgehead atoms. The lowest BCUT2D eigenvalue weighted by Gasteiger charge is -2.19. The third-order valence-corrected chi connectivity index (χ3v) is 5.90. The molecule has 1 amide bonds. The van der Waals surface area contributed by atoms with Crippen molar-refractivity contribution >= 4 is 35.8 Å². The number of guanidine groups is 1. The van der Waals surface area contributed by atoms with Crippen LogP contribution < -0.4 is 10.6 Å². The highest BCUT2D eigenvalue weighted by molar-refractivity contribution is 14.0. The van der Waals surface area contributed by atoms with Crippen LogP contribution in [0.2, 0.25) is 0 Å². The summed E-state index contributed by atoms with van der Waals surface area (Å²) in [5.41, 5.74) is 2.78. The Morgan fingerprint density at radius 2 is 1.75 bits per heavy atom. The molecule has 0 radical (unpaired) electrons. The van der Waals surface area contributed by atoms with Crippen LogP contribution in [0.3, 0.4) is 0 Å². The molecule has 1 fully saturated rings. The van der Waals surface area contributed by atoms with E-state index in [2.05, 4.69) is 10.6 Å². The summed E-state index contributed by atoms with van der Waals surface area (Å²) in [5, 5.41) is 6.71. The van der Waals surface area contributed by atoms with Gasteiger partial charge in [-0.3, -0.25) is 4.79 Å². The van der Waals surface area contributed by atoms with Crippen LogP contribution in [0.25, 0.3) is 0 Å². The molecule has 0 aliphatic heterocycles. The van der Waals surface area contributed by atoms with Gasteiger partial charge in [-0.25, -0.2) is 9.38 Å². The van der Waals surface area contributed by atoms with Crippen LogP contribution in [-0.4, -0.2) is 42.9 Å². The molecule has 32 heavy (non-hydrogen) atoms. The standard InChI is InChI=1S/C25H33FN4O.HI/c1-4-27-24(29-18-25(14-15-25)21-8-7-9-22(26)16-21)28-17-19-10-12-20(13-11-19)23(31)30(5-2)6-3;/h7-13,16H,4-6,14-15,17-18H2,1-3H3,(H2,27,28,29);1H. The number of hydrogen-bond acceptors (Lipinski definition) is 2. The van der Waals surface area contributed by atoms with E-state index in [1.807, 2.05) is 56.0 Å². The number of nitrogens with zero attached hydrogens (tertiary/aromatic N) is 2. The number of nitrogens with one attached hydrogen (secondary N) is 2. The molecule has 174 valence electrons. The maximum absolute atomic E-state index is 13.6. The van der Waals surface area contributed by atoms with Crippen molar-refractivity contribution in [2.24, 2.45) is 4.99 Å². The second kappa shape index (κ2) is 12.2. The Hall–Kier alpha value is -2.16. The normalized spacial score (nSPS) is 14.3. The first-order valence-corrected chi connectivity index (χ1v) is 11.2. The Morgan fingerprint density at radius 3 is 2.31 bits per heavy atom. The molecule has 2 aromatic rings. The fourth-order valence-corrected chi connectivity index (χ4v) is 3.75. The molecular weight excluding hydrogens is 518 g/mol. The predicted molar refractivity (Wildman–Crippen MR) is 139 cm³/mol. The van der Waals surface area contributed by atoms with Gasteiger partial charge in [0.15, 0.2) is 5.96 Å². The molecule has 0 saturated heterocycles. The molecule has 2 N–H and O–H groups in total. The zero-order chi connectivity index (χ0) is 22.3. The Bertz CT molecular complexity index is 908. The molecule has 2 aromatic carbocycles. The third kappa shape index (κ3) is 6.67. The monoisotopic (exact) mass is 552 g/mol. The summed E-state index contributed by atoms with van der Waals surface area (Å²) >= 11 is 0. The summed E-state index contributed by atoms with van der Waals surface area (Å²) in [6.07, 6.45) is 2.09. The number of halogens is 2. The number of carbonyl (C=O) groups excluding carboxylic acids is 1. The fraction of sp³-hybridized carbons (Fsp3) is 0.440. The zero-order valence-corrected chi connectivity index (χ0v) is 21.5. The number of benzene rings is 2. The van der Waals surface area contributed by atoms with Gasteiger partial charge in [0.05, 0.1) is 6.54 Å². The van der Waals surface area contributed by atoms with Gasteiger partial charge in [0.2, 0.25) is 0 Å². The van der Waals surface area contributed by atoms with E-state index in [1.54, 1.807) is 12.1 Å². The highest BCUT2D eigenvalue weighted by Gasteiger charge is 2.44. The van der Waals surface area contributed by atoms with Crippen molar-refractivity contribution in [1.29, 1.82) is 0 Å². The molecule has 0 spiro atoms. The number of aliphatic imine (C=N–C) groups is 1. The molecule has 0 unspecified atom stereocenters. The Labute approximate surface area is 207 Å². The summed E-state index contributed by atoms with van der Waals surface area (Å²) in [5.74, 6) is 0.614. The Kier molecular flexibility index (Phi) is 9.93. The summed E-state index contributed by atoms with van der Waals surface area (Å²) in [7, 11) is 0. The molecule has 0 aromatic heterocycles. The Balaban J connectivity index is 0.00000363. The zero-order valence-electron chi connectivity index (χ0n) is 19.2. The van der Waals surface area contributed by atoms with Crippen molar-refractivity contribution in [3.63, 3.8) is 0 Å². The lowest BCUT2D eigenvalue weighted by atomic mass is 9.96. The van der Waals surface area contributed by atoms with Crippen molar-refractivity contribution in [1.82, 2.24) is 15.5 Å². The Morgan fingerprint density at radius 1 is 1.06 bits per heavy atom. The van der Waals surface area contributed by atoms with Crippen LogP contribution in [0.4, 0.5) is 4.39 Å². The highest BCUT2D eigenvalue weighted by atomic mass is 127. The van der Waals surface area contributed by atoms with Crippen molar-refractivity contribution in [2.45, 2.75) is 45.6 Å². The number of carbonyl (C=O) groups is 1. The quantitative estimate of drug-likeness (QED) is 0.269. The minimum absolute atomic E-state index is 0. The minimum Gasteiger partial charge on any atom is -0.357 e. The summed E-state index contributed by atoms with van der Waals surface area (Å²) < 4.78 is 13.6. The number of hydrogen-bond donors (Lipinski definition) is 2. The van der Waals surface area contributed by atoms with E-state index in [0.29, 0.717) is 25.2 Å². The number of rotatable bonds is 9. The first kappa shape index (κ1) is 26.1. The molecule has 1 aliphatic rings. The molecule has 7 heteroatoms. The molecular formula is C25H34FIN4O. The average molecular weight is 552 g/mol. The van der Waals surface area contributed by atoms with Gasteiger partial charge in [-0.2, -0.15) is 0 Å². The van der Waals surface area contributed by atoms with Crippen molar-refractivity contribution in [3.05, 3.63) is 71.0 Å². The van der Waals surface area contributed by atoms with E-state index in [9.17, 15) is 9.18 Å². The largest absolute Gasteiger partial charge is 0.357 e. The topological polar surface area (TPSA) is 56.7 Å². The van der Waals surface area contributed by atoms with Crippen LogP contribution in [0, 0.1) is 5.82 Å². The summed E-state index contributed by atoms with van der Waals surface area (Å²) in [4.78, 5) is 19.0. The van der Waals surface area contributed by atoms with Gasteiger partial charge in [0, 0.05) is 37.2 Å². The maximum atomic E-state index is 13.6. The minimum atomic E-state index is -0.188. The van der Waals surface area contributed by atoms with Gasteiger partial charge in [-0.1, -0.05) is 24.3 Å². The fourth-order valence-electron chi connectivity index (χ4n) is 3.75. The van der Waals surface area contributed by atoms with Gasteiger partial charge < -0.3 is 15.5 Å². The van der Waals surface area contributed by atoms with Crippen LogP contribution in [-0.2, 0) is 12.0 Å². The van der Waals surface area contributed by atoms with Crippen LogP contribution in [0.15, 0.2) is 53.5 Å². The van der Waals surface area contributed by atoms with Crippen molar-refractivity contribution < 1.29 is 9.18 Å². The van der Waals surface area contributed by atoms with E-state index < -0.39 is 0 Å². The molecule has 1 aliphatic carbocycles. The second-order valence-electron chi connectivity index (χ2n) is 8.01. The highest BCUT2D eigenvalue weighted by Crippen LogP contribution is 2.47. The molecule has 3 rings (SSSR count). The van der Waals surface area contributed by atoms with E-state index in [4.69, 9.17) is 4.99 Å². The maximum Gasteiger partial charge on any atom is 0.253 e. The average Bonchev–Trinajstić information content (AvgIpc) is 3.58. The van der Waals surface area contributed by atoms with E-state index in [-0.39, 0.29) is 41.1 Å². The van der Waals surface area contributed by atoms with Crippen LogP contribution >= 0.6 is 24.0 Å². The first-order valence-electron chi connectivity index (χ1n) is 11.2. The van der Waals surface area contributed by atoms with Gasteiger partial charge in [0.1, 0.15) is 5.82 Å². The van der Waals surface area contributed by atoms with E-state index in [0.717, 1.165) is 43.0 Å². The second-order valence-corrected chi connectivity index (χ2v) is 8.01. The molecule has 5 nitrogen and oxygen atoms in total. The lowest BCUT2D eigenvalue weighted by Crippen LogP contribution is -2.41. The molecule has 0 heterocycles. The van der Waals surface area contributed by atoms with Gasteiger partial charge in [0.25, 0.3) is 5.91 Å². The van der Waals surface area contributed by atoms with Crippen LogP contribution in [0.1, 0.15) is 55.1 Å². The predicted octanol–water partition coefficient (Wildman–Crippen LogP) is 4.71. The molecule has 1 saturated carbocycles. The van der Waals surface area contributed by atoms with E-state index >= 15 is 0 Å².